The molecule has 0 fully saturated rings. The van der Waals surface area contributed by atoms with Gasteiger partial charge in [0.2, 0.25) is 0 Å². The molecule has 0 N–H and O–H groups in total. The normalized spacial score (nSPS) is 16.2. The summed E-state index contributed by atoms with van der Waals surface area (Å²) < 4.78 is 0.833. The summed E-state index contributed by atoms with van der Waals surface area (Å²) in [5.74, 6) is 0. The van der Waals surface area contributed by atoms with Crippen molar-refractivity contribution in [2.24, 2.45) is 0 Å². The van der Waals surface area contributed by atoms with Crippen LogP contribution in [0.3, 0.4) is 0 Å². The summed E-state index contributed by atoms with van der Waals surface area (Å²) in [5, 5.41) is 0. The predicted molar refractivity (Wildman–Crippen MR) is 58.2 cm³/mol. The molecule has 2 heteroatoms. The molecule has 14 heavy (non-hydrogen) atoms. The van der Waals surface area contributed by atoms with E-state index in [-0.39, 0.29) is 12.4 Å². The molecule has 2 aliphatic carbocycles. The average Bonchev–Trinajstić information content (AvgIpc) is 2.66. The Bertz CT molecular complexity index is 270. The zero-order chi connectivity index (χ0) is 9.90. The second-order valence-electron chi connectivity index (χ2n) is 4.29. The smallest absolute Gasteiger partial charge is 0.0879 e. The van der Waals surface area contributed by atoms with Crippen LogP contribution in [0.5, 0.6) is 0 Å². The first-order valence-electron chi connectivity index (χ1n) is 4.54. The summed E-state index contributed by atoms with van der Waals surface area (Å²) >= 11 is 0. The van der Waals surface area contributed by atoms with Gasteiger partial charge in [-0.3, -0.25) is 0 Å². The summed E-state index contributed by atoms with van der Waals surface area (Å²) in [6, 6.07) is 0. The average molecular weight is 212 g/mol. The molecule has 0 saturated heterocycles. The van der Waals surface area contributed by atoms with E-state index in [1.54, 1.807) is 0 Å². The number of nitrogens with zero attached hydrogens (tertiary/aromatic N) is 1. The van der Waals surface area contributed by atoms with Crippen molar-refractivity contribution >= 4 is 0 Å². The summed E-state index contributed by atoms with van der Waals surface area (Å²) in [5.41, 5.74) is 2.94. The number of rotatable bonds is 1. The number of fused-ring (bicyclic) bond motifs is 2. The van der Waals surface area contributed by atoms with E-state index in [1.807, 2.05) is 6.20 Å². The molecule has 0 aliphatic heterocycles. The Hall–Kier alpha value is -0.790. The summed E-state index contributed by atoms with van der Waals surface area (Å²) in [6.07, 6.45) is 11.8. The van der Waals surface area contributed by atoms with E-state index >= 15 is 0 Å². The van der Waals surface area contributed by atoms with Crippen molar-refractivity contribution in [2.45, 2.75) is 6.42 Å². The summed E-state index contributed by atoms with van der Waals surface area (Å²) in [4.78, 5) is 0. The second-order valence-corrected chi connectivity index (χ2v) is 4.29. The Labute approximate surface area is 93.1 Å². The van der Waals surface area contributed by atoms with Crippen LogP contribution >= 0.6 is 0 Å². The first kappa shape index (κ1) is 13.2. The van der Waals surface area contributed by atoms with Gasteiger partial charge >= 0.3 is 0 Å². The third-order valence-corrected chi connectivity index (χ3v) is 1.98. The van der Waals surface area contributed by atoms with Gasteiger partial charge in [-0.05, 0) is 24.1 Å². The zero-order valence-corrected chi connectivity index (χ0v) is 9.88. The lowest BCUT2D eigenvalue weighted by molar-refractivity contribution is -0.816. The van der Waals surface area contributed by atoms with E-state index in [2.05, 4.69) is 52.0 Å². The largest absolute Gasteiger partial charge is 1.00 e. The Balaban J connectivity index is 0.000000230. The molecule has 0 heterocycles. The molecule has 0 aromatic rings. The quantitative estimate of drug-likeness (QED) is 0.521. The second kappa shape index (κ2) is 5.18. The van der Waals surface area contributed by atoms with E-state index in [0.29, 0.717) is 0 Å². The van der Waals surface area contributed by atoms with Crippen LogP contribution < -0.4 is 12.4 Å². The van der Waals surface area contributed by atoms with E-state index < -0.39 is 0 Å². The van der Waals surface area contributed by atoms with Crippen molar-refractivity contribution in [3.05, 3.63) is 48.2 Å². The molecular formula is C12H18ClN. The van der Waals surface area contributed by atoms with Crippen molar-refractivity contribution in [3.8, 4) is 0 Å². The fourth-order valence-corrected chi connectivity index (χ4v) is 1.01. The summed E-state index contributed by atoms with van der Waals surface area (Å²) in [6.45, 7) is 3.60. The highest BCUT2D eigenvalue weighted by molar-refractivity contribution is 5.49. The number of hydrogen-bond donors (Lipinski definition) is 0. The van der Waals surface area contributed by atoms with Crippen LogP contribution in [-0.2, 0) is 0 Å². The minimum atomic E-state index is 0. The Morgan fingerprint density at radius 1 is 1.14 bits per heavy atom. The van der Waals surface area contributed by atoms with Crippen LogP contribution in [0.25, 0.3) is 0 Å². The minimum Gasteiger partial charge on any atom is -1.00 e. The van der Waals surface area contributed by atoms with Gasteiger partial charge in [0.1, 0.15) is 0 Å². The van der Waals surface area contributed by atoms with Gasteiger partial charge in [-0.15, -0.1) is 0 Å². The molecule has 2 aliphatic rings. The van der Waals surface area contributed by atoms with E-state index in [1.165, 1.54) is 17.6 Å². The maximum atomic E-state index is 3.60. The van der Waals surface area contributed by atoms with Gasteiger partial charge in [0, 0.05) is 0 Å². The molecule has 0 aromatic carbocycles. The minimum absolute atomic E-state index is 0. The molecule has 0 saturated carbocycles. The number of allylic oxidation sites excluding steroid dienone is 6. The van der Waals surface area contributed by atoms with Crippen molar-refractivity contribution in [2.75, 3.05) is 21.1 Å². The highest BCUT2D eigenvalue weighted by atomic mass is 35.5. The maximum Gasteiger partial charge on any atom is 0.0879 e. The van der Waals surface area contributed by atoms with Crippen molar-refractivity contribution in [1.82, 2.24) is 0 Å². The lowest BCUT2D eigenvalue weighted by atomic mass is 10.3. The van der Waals surface area contributed by atoms with Gasteiger partial charge in [0.25, 0.3) is 0 Å². The Kier molecular flexibility index (Phi) is 4.89. The van der Waals surface area contributed by atoms with Crippen molar-refractivity contribution in [3.63, 3.8) is 0 Å². The molecule has 0 aromatic heterocycles. The van der Waals surface area contributed by atoms with E-state index in [0.717, 1.165) is 4.48 Å². The lowest BCUT2D eigenvalue weighted by Crippen LogP contribution is -3.00. The molecule has 0 amide bonds. The predicted octanol–water partition coefficient (Wildman–Crippen LogP) is -0.347. The zero-order valence-electron chi connectivity index (χ0n) is 9.13. The SMILES string of the molecule is C1=CC2=CC=C1C2.C=C[N+](C)(C)C.[Cl-]. The Morgan fingerprint density at radius 2 is 1.50 bits per heavy atom. The van der Waals surface area contributed by atoms with Gasteiger partial charge in [0.05, 0.1) is 27.3 Å². The fraction of sp³-hybridized carbons (Fsp3) is 0.333. The highest BCUT2D eigenvalue weighted by Crippen LogP contribution is 2.27. The maximum absolute atomic E-state index is 3.60. The molecule has 78 valence electrons. The summed E-state index contributed by atoms with van der Waals surface area (Å²) in [7, 11) is 6.19. The molecule has 0 unspecified atom stereocenters. The van der Waals surface area contributed by atoms with Gasteiger partial charge in [0.15, 0.2) is 0 Å². The van der Waals surface area contributed by atoms with Crippen LogP contribution in [0.15, 0.2) is 48.2 Å². The van der Waals surface area contributed by atoms with Crippen LogP contribution in [0.2, 0.25) is 0 Å². The van der Waals surface area contributed by atoms with Gasteiger partial charge < -0.3 is 16.9 Å². The standard InChI is InChI=1S/C7H6.C5H12N.ClH/c1-2-7-4-3-6(1)5-7;1-5-6(2,3)4;/h1-4H,5H2;5H,1H2,2-4H3;1H/q;+1;/p-1. The fourth-order valence-electron chi connectivity index (χ4n) is 1.01. The molecule has 1 nitrogen and oxygen atoms in total. The van der Waals surface area contributed by atoms with Crippen LogP contribution in [-0.4, -0.2) is 25.6 Å². The van der Waals surface area contributed by atoms with Crippen LogP contribution in [0.4, 0.5) is 0 Å². The third-order valence-electron chi connectivity index (χ3n) is 1.98. The number of hydrogen-bond acceptors (Lipinski definition) is 0. The van der Waals surface area contributed by atoms with E-state index in [9.17, 15) is 0 Å². The van der Waals surface area contributed by atoms with Crippen LogP contribution in [0, 0.1) is 0 Å². The monoisotopic (exact) mass is 211 g/mol. The molecule has 0 radical (unpaired) electrons. The van der Waals surface area contributed by atoms with Gasteiger partial charge in [-0.2, -0.15) is 0 Å². The van der Waals surface area contributed by atoms with Gasteiger partial charge in [-0.25, -0.2) is 0 Å². The topological polar surface area (TPSA) is 0 Å². The van der Waals surface area contributed by atoms with Crippen molar-refractivity contribution < 1.29 is 16.9 Å². The Morgan fingerprint density at radius 3 is 1.57 bits per heavy atom. The molecule has 0 atom stereocenters. The van der Waals surface area contributed by atoms with E-state index in [4.69, 9.17) is 0 Å². The van der Waals surface area contributed by atoms with Gasteiger partial charge in [-0.1, -0.05) is 24.3 Å². The molecule has 2 bridgehead atoms. The first-order valence-corrected chi connectivity index (χ1v) is 4.54. The molecular weight excluding hydrogens is 194 g/mol. The lowest BCUT2D eigenvalue weighted by Gasteiger charge is -2.15. The third kappa shape index (κ3) is 4.45. The van der Waals surface area contributed by atoms with Crippen molar-refractivity contribution in [1.29, 1.82) is 0 Å². The molecule has 2 rings (SSSR count). The van der Waals surface area contributed by atoms with Crippen LogP contribution in [0.1, 0.15) is 6.42 Å². The molecule has 0 spiro atoms. The first-order chi connectivity index (χ1) is 6.01. The number of quaternary nitrogens is 1. The number of halogens is 1. The highest BCUT2D eigenvalue weighted by Gasteiger charge is 2.07.